The maximum Gasteiger partial charge on any atom is 0.252 e. The van der Waals surface area contributed by atoms with E-state index in [1.54, 1.807) is 24.7 Å². The van der Waals surface area contributed by atoms with Gasteiger partial charge in [0.2, 0.25) is 0 Å². The third-order valence-corrected chi connectivity index (χ3v) is 3.42. The lowest BCUT2D eigenvalue weighted by Gasteiger charge is -2.18. The first-order valence-corrected chi connectivity index (χ1v) is 7.52. The van der Waals surface area contributed by atoms with Gasteiger partial charge in [-0.3, -0.25) is 9.36 Å². The van der Waals surface area contributed by atoms with Crippen molar-refractivity contribution in [2.45, 2.75) is 19.9 Å². The molecule has 20 heavy (non-hydrogen) atoms. The van der Waals surface area contributed by atoms with Crippen molar-refractivity contribution < 1.29 is 4.74 Å². The third-order valence-electron chi connectivity index (χ3n) is 2.82. The third kappa shape index (κ3) is 4.25. The zero-order valence-corrected chi connectivity index (χ0v) is 13.0. The number of ether oxygens (including phenoxy) is 1. The van der Waals surface area contributed by atoms with Crippen molar-refractivity contribution in [3.63, 3.8) is 0 Å². The van der Waals surface area contributed by atoms with Gasteiger partial charge in [0.15, 0.2) is 0 Å². The predicted octanol–water partition coefficient (Wildman–Crippen LogP) is 2.52. The second-order valence-corrected chi connectivity index (χ2v) is 5.21. The molecule has 0 atom stereocenters. The molecule has 1 heterocycles. The maximum absolute atomic E-state index is 12.1. The number of aromatic nitrogens is 1. The normalized spacial score (nSPS) is 10.3. The van der Waals surface area contributed by atoms with Crippen LogP contribution >= 0.6 is 11.8 Å². The molecule has 0 aliphatic rings. The van der Waals surface area contributed by atoms with Gasteiger partial charge in [-0.25, -0.2) is 0 Å². The highest BCUT2D eigenvalue weighted by molar-refractivity contribution is 8.02. The topological polar surface area (TPSA) is 67.1 Å². The Hall–Kier alpha value is -1.53. The molecule has 0 radical (unpaired) electrons. The van der Waals surface area contributed by atoms with E-state index in [4.69, 9.17) is 10.1 Å². The molecule has 0 fully saturated rings. The van der Waals surface area contributed by atoms with Crippen molar-refractivity contribution in [2.75, 3.05) is 25.3 Å². The monoisotopic (exact) mass is 295 g/mol. The fourth-order valence-electron chi connectivity index (χ4n) is 1.79. The average Bonchev–Trinajstić information content (AvgIpc) is 2.41. The SMILES string of the molecule is C=C(Nc1c(C(C)=N)ccc(=O)n1CCCOC)SC. The predicted molar refractivity (Wildman–Crippen MR) is 86.0 cm³/mol. The molecule has 0 saturated heterocycles. The number of methoxy groups -OCH3 is 1. The first kappa shape index (κ1) is 16.5. The molecule has 1 aromatic rings. The summed E-state index contributed by atoms with van der Waals surface area (Å²) in [6.07, 6.45) is 2.64. The van der Waals surface area contributed by atoms with Crippen LogP contribution < -0.4 is 10.9 Å². The Labute approximate surface area is 123 Å². The van der Waals surface area contributed by atoms with Gasteiger partial charge < -0.3 is 15.5 Å². The molecule has 5 nitrogen and oxygen atoms in total. The molecule has 0 aliphatic heterocycles. The number of anilines is 1. The van der Waals surface area contributed by atoms with Gasteiger partial charge in [-0.15, -0.1) is 11.8 Å². The second kappa shape index (κ2) is 7.91. The van der Waals surface area contributed by atoms with Crippen molar-refractivity contribution >= 4 is 23.3 Å². The smallest absolute Gasteiger partial charge is 0.252 e. The van der Waals surface area contributed by atoms with Crippen LogP contribution in [0.2, 0.25) is 0 Å². The Balaban J connectivity index is 3.22. The summed E-state index contributed by atoms with van der Waals surface area (Å²) < 4.78 is 6.66. The Morgan fingerprint density at radius 1 is 1.55 bits per heavy atom. The van der Waals surface area contributed by atoms with E-state index in [9.17, 15) is 4.79 Å². The van der Waals surface area contributed by atoms with Gasteiger partial charge >= 0.3 is 0 Å². The molecule has 0 saturated carbocycles. The van der Waals surface area contributed by atoms with Crippen LogP contribution in [0.3, 0.4) is 0 Å². The molecule has 0 bridgehead atoms. The lowest BCUT2D eigenvalue weighted by molar-refractivity contribution is 0.190. The van der Waals surface area contributed by atoms with Gasteiger partial charge in [-0.2, -0.15) is 0 Å². The average molecular weight is 295 g/mol. The second-order valence-electron chi connectivity index (χ2n) is 4.31. The molecule has 0 spiro atoms. The highest BCUT2D eigenvalue weighted by atomic mass is 32.2. The first-order chi connectivity index (χ1) is 9.51. The Morgan fingerprint density at radius 3 is 2.80 bits per heavy atom. The van der Waals surface area contributed by atoms with E-state index in [0.717, 1.165) is 11.4 Å². The van der Waals surface area contributed by atoms with Crippen LogP contribution in [-0.2, 0) is 11.3 Å². The highest BCUT2D eigenvalue weighted by Gasteiger charge is 2.12. The summed E-state index contributed by atoms with van der Waals surface area (Å²) in [6.45, 7) is 6.70. The van der Waals surface area contributed by atoms with Crippen LogP contribution in [0.1, 0.15) is 18.9 Å². The minimum absolute atomic E-state index is 0.0949. The number of pyridine rings is 1. The van der Waals surface area contributed by atoms with Gasteiger partial charge in [0.25, 0.3) is 5.56 Å². The number of nitrogens with zero attached hydrogens (tertiary/aromatic N) is 1. The Kier molecular flexibility index (Phi) is 6.54. The van der Waals surface area contributed by atoms with Crippen LogP contribution in [0.15, 0.2) is 28.5 Å². The summed E-state index contributed by atoms with van der Waals surface area (Å²) in [5.74, 6) is 0.625. The fraction of sp³-hybridized carbons (Fsp3) is 0.429. The molecule has 1 rings (SSSR count). The summed E-state index contributed by atoms with van der Waals surface area (Å²) in [5, 5.41) is 11.7. The van der Waals surface area contributed by atoms with Crippen LogP contribution in [0.4, 0.5) is 5.82 Å². The van der Waals surface area contributed by atoms with Crippen LogP contribution in [0, 0.1) is 5.41 Å². The zero-order chi connectivity index (χ0) is 15.1. The fourth-order valence-corrected chi connectivity index (χ4v) is 1.99. The van der Waals surface area contributed by atoms with E-state index in [-0.39, 0.29) is 5.56 Å². The number of hydrogen-bond acceptors (Lipinski definition) is 5. The molecule has 1 aromatic heterocycles. The molecule has 2 N–H and O–H groups in total. The largest absolute Gasteiger partial charge is 0.385 e. The van der Waals surface area contributed by atoms with Crippen LogP contribution in [0.25, 0.3) is 0 Å². The molecule has 110 valence electrons. The van der Waals surface area contributed by atoms with Crippen molar-refractivity contribution in [3.8, 4) is 0 Å². The van der Waals surface area contributed by atoms with Crippen molar-refractivity contribution in [3.05, 3.63) is 39.7 Å². The molecule has 0 amide bonds. The Bertz CT molecular complexity index is 552. The van der Waals surface area contributed by atoms with E-state index in [0.29, 0.717) is 30.2 Å². The summed E-state index contributed by atoms with van der Waals surface area (Å²) in [7, 11) is 1.63. The Morgan fingerprint density at radius 2 is 2.25 bits per heavy atom. The van der Waals surface area contributed by atoms with Gasteiger partial charge in [-0.1, -0.05) is 6.58 Å². The number of thioether (sulfide) groups is 1. The number of rotatable bonds is 8. The van der Waals surface area contributed by atoms with Crippen LogP contribution in [0.5, 0.6) is 0 Å². The number of nitrogens with one attached hydrogen (secondary N) is 2. The first-order valence-electron chi connectivity index (χ1n) is 6.29. The van der Waals surface area contributed by atoms with Crippen molar-refractivity contribution in [2.24, 2.45) is 0 Å². The highest BCUT2D eigenvalue weighted by Crippen LogP contribution is 2.19. The molecular weight excluding hydrogens is 274 g/mol. The molecule has 0 unspecified atom stereocenters. The standard InChI is InChI=1S/C14H21N3O2S/c1-10(15)12-6-7-13(18)17(8-5-9-19-3)14(12)16-11(2)20-4/h6-7,15-16H,2,5,8-9H2,1,3-4H3. The lowest BCUT2D eigenvalue weighted by atomic mass is 10.1. The van der Waals surface area contributed by atoms with Crippen LogP contribution in [-0.4, -0.2) is 30.3 Å². The van der Waals surface area contributed by atoms with E-state index in [1.165, 1.54) is 17.8 Å². The molecule has 6 heteroatoms. The quantitative estimate of drug-likeness (QED) is 0.571. The van der Waals surface area contributed by atoms with Gasteiger partial charge in [0, 0.05) is 37.6 Å². The lowest BCUT2D eigenvalue weighted by Crippen LogP contribution is -2.25. The minimum atomic E-state index is -0.0949. The number of hydrogen-bond donors (Lipinski definition) is 2. The van der Waals surface area contributed by atoms with E-state index >= 15 is 0 Å². The molecule has 0 aliphatic carbocycles. The van der Waals surface area contributed by atoms with Gasteiger partial charge in [0.1, 0.15) is 5.82 Å². The summed E-state index contributed by atoms with van der Waals surface area (Å²) in [4.78, 5) is 12.1. The molecule has 0 aromatic carbocycles. The van der Waals surface area contributed by atoms with E-state index in [1.807, 2.05) is 6.26 Å². The summed E-state index contributed by atoms with van der Waals surface area (Å²) in [5.41, 5.74) is 1.02. The molecular formula is C14H21N3O2S. The van der Waals surface area contributed by atoms with Gasteiger partial charge in [-0.05, 0) is 25.7 Å². The maximum atomic E-state index is 12.1. The summed E-state index contributed by atoms with van der Waals surface area (Å²) in [6, 6.07) is 3.17. The van der Waals surface area contributed by atoms with Crippen molar-refractivity contribution in [1.82, 2.24) is 4.57 Å². The van der Waals surface area contributed by atoms with E-state index < -0.39 is 0 Å². The minimum Gasteiger partial charge on any atom is -0.385 e. The summed E-state index contributed by atoms with van der Waals surface area (Å²) >= 11 is 1.47. The van der Waals surface area contributed by atoms with E-state index in [2.05, 4.69) is 11.9 Å². The zero-order valence-electron chi connectivity index (χ0n) is 12.2. The van der Waals surface area contributed by atoms with Gasteiger partial charge in [0.05, 0.1) is 5.03 Å². The van der Waals surface area contributed by atoms with Crippen molar-refractivity contribution in [1.29, 1.82) is 5.41 Å².